The van der Waals surface area contributed by atoms with Gasteiger partial charge in [0.1, 0.15) is 5.76 Å². The first kappa shape index (κ1) is 22.6. The quantitative estimate of drug-likeness (QED) is 0.312. The van der Waals surface area contributed by atoms with E-state index in [-0.39, 0.29) is 24.0 Å². The van der Waals surface area contributed by atoms with Crippen LogP contribution in [0.3, 0.4) is 0 Å². The van der Waals surface area contributed by atoms with E-state index in [0.717, 1.165) is 82.7 Å². The maximum atomic E-state index is 5.39. The highest BCUT2D eigenvalue weighted by molar-refractivity contribution is 14.0. The van der Waals surface area contributed by atoms with Gasteiger partial charge < -0.3 is 19.8 Å². The maximum absolute atomic E-state index is 5.39. The first-order valence-electron chi connectivity index (χ1n) is 9.65. The Bertz CT molecular complexity index is 661. The molecule has 0 spiro atoms. The number of nitrogens with zero attached hydrogens (tertiary/aromatic N) is 3. The zero-order valence-corrected chi connectivity index (χ0v) is 18.5. The number of guanidine groups is 1. The van der Waals surface area contributed by atoms with Gasteiger partial charge in [0.15, 0.2) is 5.96 Å². The van der Waals surface area contributed by atoms with Crippen molar-refractivity contribution < 1.29 is 9.15 Å². The van der Waals surface area contributed by atoms with E-state index >= 15 is 0 Å². The summed E-state index contributed by atoms with van der Waals surface area (Å²) < 4.78 is 10.8. The third-order valence-electron chi connectivity index (χ3n) is 4.43. The van der Waals surface area contributed by atoms with Gasteiger partial charge in [-0.1, -0.05) is 6.07 Å². The van der Waals surface area contributed by atoms with Gasteiger partial charge in [-0.25, -0.2) is 0 Å². The lowest BCUT2D eigenvalue weighted by molar-refractivity contribution is 0.0394. The second-order valence-corrected chi connectivity index (χ2v) is 6.44. The van der Waals surface area contributed by atoms with Crippen LogP contribution in [-0.2, 0) is 17.6 Å². The number of halogens is 1. The molecule has 0 aromatic carbocycles. The summed E-state index contributed by atoms with van der Waals surface area (Å²) in [5.74, 6) is 1.81. The Labute approximate surface area is 184 Å². The highest BCUT2D eigenvalue weighted by Crippen LogP contribution is 2.00. The molecule has 8 heteroatoms. The third-order valence-corrected chi connectivity index (χ3v) is 4.43. The fourth-order valence-corrected chi connectivity index (χ4v) is 2.92. The Morgan fingerprint density at radius 3 is 2.61 bits per heavy atom. The molecule has 1 saturated heterocycles. The average Bonchev–Trinajstić information content (AvgIpc) is 3.23. The van der Waals surface area contributed by atoms with Gasteiger partial charge in [0.2, 0.25) is 0 Å². The van der Waals surface area contributed by atoms with Gasteiger partial charge >= 0.3 is 0 Å². The van der Waals surface area contributed by atoms with Gasteiger partial charge in [-0.2, -0.15) is 0 Å². The van der Waals surface area contributed by atoms with Crippen LogP contribution in [0.4, 0.5) is 0 Å². The molecule has 0 atom stereocenters. The zero-order valence-electron chi connectivity index (χ0n) is 16.2. The molecule has 0 amide bonds. The minimum Gasteiger partial charge on any atom is -0.469 e. The standard InChI is InChI=1S/C20H29N5O2.HI/c1-2-8-21-18(4-1)6-9-22-20(23-10-7-19-5-3-15-27-19)24-11-12-25-13-16-26-17-14-25;/h1-5,8,15H,6-7,9-14,16-17H2,(H2,22,23,24);1H. The smallest absolute Gasteiger partial charge is 0.191 e. The van der Waals surface area contributed by atoms with Crippen molar-refractivity contribution in [3.63, 3.8) is 0 Å². The molecule has 2 aromatic heterocycles. The summed E-state index contributed by atoms with van der Waals surface area (Å²) in [7, 11) is 0. The number of aliphatic imine (C=N–C) groups is 1. The SMILES string of the molecule is I.c1ccc(CCNC(=NCCN2CCOCC2)NCCc2ccco2)nc1. The molecule has 0 radical (unpaired) electrons. The molecule has 2 N–H and O–H groups in total. The number of pyridine rings is 1. The molecule has 3 heterocycles. The van der Waals surface area contributed by atoms with E-state index in [4.69, 9.17) is 14.1 Å². The fraction of sp³-hybridized carbons (Fsp3) is 0.500. The lowest BCUT2D eigenvalue weighted by Crippen LogP contribution is -2.41. The second-order valence-electron chi connectivity index (χ2n) is 6.44. The number of ether oxygens (including phenoxy) is 1. The Kier molecular flexibility index (Phi) is 10.9. The first-order chi connectivity index (χ1) is 13.4. The highest BCUT2D eigenvalue weighted by Gasteiger charge is 2.09. The topological polar surface area (TPSA) is 74.9 Å². The Morgan fingerprint density at radius 1 is 1.07 bits per heavy atom. The van der Waals surface area contributed by atoms with Crippen LogP contribution in [0.5, 0.6) is 0 Å². The Balaban J connectivity index is 0.00000280. The van der Waals surface area contributed by atoms with E-state index in [2.05, 4.69) is 20.5 Å². The van der Waals surface area contributed by atoms with Crippen LogP contribution in [0.25, 0.3) is 0 Å². The second kappa shape index (κ2) is 13.5. The summed E-state index contributed by atoms with van der Waals surface area (Å²) in [6.07, 6.45) is 5.23. The number of rotatable bonds is 9. The van der Waals surface area contributed by atoms with Crippen LogP contribution in [-0.4, -0.2) is 68.3 Å². The lowest BCUT2D eigenvalue weighted by atomic mass is 10.3. The van der Waals surface area contributed by atoms with Crippen molar-refractivity contribution in [2.24, 2.45) is 4.99 Å². The molecule has 0 aliphatic carbocycles. The molecular formula is C20H30IN5O2. The minimum absolute atomic E-state index is 0. The van der Waals surface area contributed by atoms with Crippen LogP contribution >= 0.6 is 24.0 Å². The van der Waals surface area contributed by atoms with Gasteiger partial charge in [0.25, 0.3) is 0 Å². The van der Waals surface area contributed by atoms with Crippen LogP contribution < -0.4 is 10.6 Å². The summed E-state index contributed by atoms with van der Waals surface area (Å²) >= 11 is 0. The van der Waals surface area contributed by atoms with Crippen LogP contribution in [0.2, 0.25) is 0 Å². The summed E-state index contributed by atoms with van der Waals surface area (Å²) in [6.45, 7) is 6.91. The van der Waals surface area contributed by atoms with Crippen LogP contribution in [0.15, 0.2) is 52.2 Å². The fourth-order valence-electron chi connectivity index (χ4n) is 2.92. The van der Waals surface area contributed by atoms with Gasteiger partial charge in [-0.15, -0.1) is 24.0 Å². The van der Waals surface area contributed by atoms with E-state index in [1.54, 1.807) is 6.26 Å². The molecule has 0 unspecified atom stereocenters. The van der Waals surface area contributed by atoms with Crippen molar-refractivity contribution in [1.29, 1.82) is 0 Å². The molecule has 1 aliphatic rings. The van der Waals surface area contributed by atoms with Crippen molar-refractivity contribution in [2.75, 3.05) is 52.5 Å². The molecule has 1 aliphatic heterocycles. The minimum atomic E-state index is 0. The van der Waals surface area contributed by atoms with E-state index in [1.165, 1.54) is 0 Å². The molecule has 3 rings (SSSR count). The number of hydrogen-bond donors (Lipinski definition) is 2. The largest absolute Gasteiger partial charge is 0.469 e. The van der Waals surface area contributed by atoms with E-state index in [0.29, 0.717) is 0 Å². The summed E-state index contributed by atoms with van der Waals surface area (Å²) in [6, 6.07) is 9.90. The van der Waals surface area contributed by atoms with Gasteiger partial charge in [0, 0.05) is 57.5 Å². The number of furan rings is 1. The van der Waals surface area contributed by atoms with E-state index in [9.17, 15) is 0 Å². The van der Waals surface area contributed by atoms with Crippen molar-refractivity contribution in [2.45, 2.75) is 12.8 Å². The van der Waals surface area contributed by atoms with Gasteiger partial charge in [0.05, 0.1) is 26.0 Å². The molecule has 28 heavy (non-hydrogen) atoms. The van der Waals surface area contributed by atoms with Gasteiger partial charge in [-0.3, -0.25) is 14.9 Å². The van der Waals surface area contributed by atoms with Crippen molar-refractivity contribution in [3.05, 3.63) is 54.2 Å². The summed E-state index contributed by atoms with van der Waals surface area (Å²) in [4.78, 5) is 11.5. The molecule has 154 valence electrons. The van der Waals surface area contributed by atoms with E-state index in [1.807, 2.05) is 36.5 Å². The number of morpholine rings is 1. The number of nitrogens with one attached hydrogen (secondary N) is 2. The maximum Gasteiger partial charge on any atom is 0.191 e. The monoisotopic (exact) mass is 499 g/mol. The lowest BCUT2D eigenvalue weighted by Gasteiger charge is -2.25. The molecule has 0 bridgehead atoms. The Hall–Kier alpha value is -1.65. The van der Waals surface area contributed by atoms with Gasteiger partial charge in [-0.05, 0) is 24.3 Å². The zero-order chi connectivity index (χ0) is 18.6. The van der Waals surface area contributed by atoms with Crippen molar-refractivity contribution in [1.82, 2.24) is 20.5 Å². The summed E-state index contributed by atoms with van der Waals surface area (Å²) in [5, 5.41) is 6.81. The molecular weight excluding hydrogens is 469 g/mol. The normalized spacial score (nSPS) is 15.1. The van der Waals surface area contributed by atoms with Crippen molar-refractivity contribution in [3.8, 4) is 0 Å². The van der Waals surface area contributed by atoms with Crippen LogP contribution in [0.1, 0.15) is 11.5 Å². The molecule has 0 saturated carbocycles. The molecule has 1 fully saturated rings. The summed E-state index contributed by atoms with van der Waals surface area (Å²) in [5.41, 5.74) is 1.08. The van der Waals surface area contributed by atoms with Crippen LogP contribution in [0, 0.1) is 0 Å². The predicted octanol–water partition coefficient (Wildman–Crippen LogP) is 1.95. The third kappa shape index (κ3) is 8.57. The predicted molar refractivity (Wildman–Crippen MR) is 121 cm³/mol. The average molecular weight is 499 g/mol. The molecule has 7 nitrogen and oxygen atoms in total. The first-order valence-corrected chi connectivity index (χ1v) is 9.65. The highest BCUT2D eigenvalue weighted by atomic mass is 127. The van der Waals surface area contributed by atoms with E-state index < -0.39 is 0 Å². The molecule has 2 aromatic rings. The number of aromatic nitrogens is 1. The number of hydrogen-bond acceptors (Lipinski definition) is 5. The Morgan fingerprint density at radius 2 is 1.89 bits per heavy atom. The van der Waals surface area contributed by atoms with Crippen molar-refractivity contribution >= 4 is 29.9 Å².